The van der Waals surface area contributed by atoms with Gasteiger partial charge in [-0.25, -0.2) is 0 Å². The summed E-state index contributed by atoms with van der Waals surface area (Å²) in [4.78, 5) is 4.77. The summed E-state index contributed by atoms with van der Waals surface area (Å²) >= 11 is 0. The molecule has 0 atom stereocenters. The van der Waals surface area contributed by atoms with Gasteiger partial charge in [-0.15, -0.1) is 0 Å². The van der Waals surface area contributed by atoms with Crippen LogP contribution in [-0.4, -0.2) is 0 Å². The van der Waals surface area contributed by atoms with Crippen molar-refractivity contribution in [3.8, 4) is 0 Å². The first-order valence-electron chi connectivity index (χ1n) is 20.7. The summed E-state index contributed by atoms with van der Waals surface area (Å²) in [5.41, 5.74) is 23.0. The Hall–Kier alpha value is -8.08. The SMILES string of the molecule is C=Cc1c(/C=C\C)c(N(c2cccc(N)c2)c2ccc3ccc4c(N(c5cccc(N)c5)c5cc6ccccc6c6ccccc56)ccc5ccc2c3c54)cc2ccccc12. The predicted octanol–water partition coefficient (Wildman–Crippen LogP) is 15.8. The van der Waals surface area contributed by atoms with Gasteiger partial charge in [-0.2, -0.15) is 0 Å². The topological polar surface area (TPSA) is 58.5 Å². The van der Waals surface area contributed by atoms with E-state index in [-0.39, 0.29) is 0 Å². The molecule has 290 valence electrons. The molecule has 11 aromatic rings. The number of anilines is 8. The second-order valence-corrected chi connectivity index (χ2v) is 15.8. The molecule has 0 spiro atoms. The van der Waals surface area contributed by atoms with Crippen LogP contribution in [0.15, 0.2) is 195 Å². The van der Waals surface area contributed by atoms with E-state index in [1.165, 1.54) is 43.1 Å². The van der Waals surface area contributed by atoms with Crippen molar-refractivity contribution in [2.45, 2.75) is 6.92 Å². The summed E-state index contributed by atoms with van der Waals surface area (Å²) in [6, 6.07) is 65.1. The van der Waals surface area contributed by atoms with E-state index < -0.39 is 0 Å². The molecule has 11 rings (SSSR count). The first kappa shape index (κ1) is 36.0. The van der Waals surface area contributed by atoms with E-state index in [2.05, 4.69) is 193 Å². The molecule has 11 aromatic carbocycles. The van der Waals surface area contributed by atoms with Gasteiger partial charge in [0.1, 0.15) is 0 Å². The van der Waals surface area contributed by atoms with E-state index in [1.54, 1.807) is 0 Å². The summed E-state index contributed by atoms with van der Waals surface area (Å²) in [6.07, 6.45) is 6.28. The Bertz CT molecular complexity index is 3560. The van der Waals surface area contributed by atoms with E-state index >= 15 is 0 Å². The average molecular weight is 783 g/mol. The Morgan fingerprint density at radius 3 is 1.46 bits per heavy atom. The second-order valence-electron chi connectivity index (χ2n) is 15.8. The second kappa shape index (κ2) is 14.3. The molecule has 0 aromatic heterocycles. The Morgan fingerprint density at radius 1 is 0.393 bits per heavy atom. The van der Waals surface area contributed by atoms with E-state index in [0.717, 1.165) is 66.8 Å². The van der Waals surface area contributed by atoms with Gasteiger partial charge in [-0.1, -0.05) is 146 Å². The average Bonchev–Trinajstić information content (AvgIpc) is 3.29. The standard InChI is InChI=1S/C57H42N4/c1-3-13-48-44(4-2)45-20-7-5-14-38(45)32-54(48)60(42-18-11-16-40(58)34-42)52-30-26-36-25-29-51-53(31-27-37-24-28-50(52)56(36)57(37)51)61(43-19-12-17-41(59)35-43)55-33-39-15-6-8-21-46(39)47-22-9-10-23-49(47)55/h3-35H,2,58-59H2,1H3/b13-3-. The largest absolute Gasteiger partial charge is 0.399 e. The van der Waals surface area contributed by atoms with Gasteiger partial charge >= 0.3 is 0 Å². The number of nitrogens with zero attached hydrogens (tertiary/aromatic N) is 2. The van der Waals surface area contributed by atoms with Gasteiger partial charge in [0.05, 0.1) is 22.7 Å². The van der Waals surface area contributed by atoms with Crippen LogP contribution in [0, 0.1) is 0 Å². The lowest BCUT2D eigenvalue weighted by atomic mass is 9.91. The third kappa shape index (κ3) is 5.76. The van der Waals surface area contributed by atoms with Crippen molar-refractivity contribution >= 4 is 122 Å². The smallest absolute Gasteiger partial charge is 0.0546 e. The van der Waals surface area contributed by atoms with Crippen molar-refractivity contribution in [2.24, 2.45) is 0 Å². The minimum absolute atomic E-state index is 0.699. The molecule has 4 nitrogen and oxygen atoms in total. The minimum Gasteiger partial charge on any atom is -0.399 e. The molecule has 0 bridgehead atoms. The Labute approximate surface area is 354 Å². The van der Waals surface area contributed by atoms with Crippen LogP contribution in [0.4, 0.5) is 45.5 Å². The van der Waals surface area contributed by atoms with E-state index in [1.807, 2.05) is 30.3 Å². The van der Waals surface area contributed by atoms with Gasteiger partial charge in [-0.05, 0) is 122 Å². The molecule has 0 saturated carbocycles. The molecule has 0 unspecified atom stereocenters. The van der Waals surface area contributed by atoms with Crippen molar-refractivity contribution in [3.63, 3.8) is 0 Å². The van der Waals surface area contributed by atoms with Crippen LogP contribution in [0.2, 0.25) is 0 Å². The van der Waals surface area contributed by atoms with Crippen molar-refractivity contribution < 1.29 is 0 Å². The molecular formula is C57H42N4. The number of hydrogen-bond donors (Lipinski definition) is 2. The first-order chi connectivity index (χ1) is 30.0. The molecular weight excluding hydrogens is 741 g/mol. The number of rotatable bonds is 8. The zero-order valence-electron chi connectivity index (χ0n) is 33.8. The fourth-order valence-electron chi connectivity index (χ4n) is 9.65. The fourth-order valence-corrected chi connectivity index (χ4v) is 9.65. The number of nitrogens with two attached hydrogens (primary N) is 2. The molecule has 0 fully saturated rings. The Morgan fingerprint density at radius 2 is 0.885 bits per heavy atom. The van der Waals surface area contributed by atoms with Crippen molar-refractivity contribution in [2.75, 3.05) is 21.3 Å². The van der Waals surface area contributed by atoms with Crippen LogP contribution in [0.5, 0.6) is 0 Å². The summed E-state index contributed by atoms with van der Waals surface area (Å²) in [5.74, 6) is 0. The van der Waals surface area contributed by atoms with Crippen LogP contribution < -0.4 is 21.3 Å². The maximum absolute atomic E-state index is 6.57. The van der Waals surface area contributed by atoms with Gasteiger partial charge in [0.25, 0.3) is 0 Å². The highest BCUT2D eigenvalue weighted by Crippen LogP contribution is 2.50. The summed E-state index contributed by atoms with van der Waals surface area (Å²) < 4.78 is 0. The maximum Gasteiger partial charge on any atom is 0.0546 e. The van der Waals surface area contributed by atoms with Gasteiger partial charge in [-0.3, -0.25) is 0 Å². The van der Waals surface area contributed by atoms with Gasteiger partial charge < -0.3 is 21.3 Å². The lowest BCUT2D eigenvalue weighted by Gasteiger charge is -2.31. The lowest BCUT2D eigenvalue weighted by molar-refractivity contribution is 1.30. The predicted molar refractivity (Wildman–Crippen MR) is 266 cm³/mol. The molecule has 4 N–H and O–H groups in total. The quantitative estimate of drug-likeness (QED) is 0.119. The van der Waals surface area contributed by atoms with Crippen LogP contribution in [0.1, 0.15) is 18.1 Å². The summed E-state index contributed by atoms with van der Waals surface area (Å²) in [6.45, 7) is 6.38. The first-order valence-corrected chi connectivity index (χ1v) is 20.7. The van der Waals surface area contributed by atoms with Crippen molar-refractivity contribution in [3.05, 3.63) is 206 Å². The molecule has 0 aliphatic heterocycles. The van der Waals surface area contributed by atoms with E-state index in [0.29, 0.717) is 11.4 Å². The van der Waals surface area contributed by atoms with E-state index in [9.17, 15) is 0 Å². The highest BCUT2D eigenvalue weighted by atomic mass is 15.2. The third-order valence-electron chi connectivity index (χ3n) is 12.2. The van der Waals surface area contributed by atoms with Gasteiger partial charge in [0.15, 0.2) is 0 Å². The van der Waals surface area contributed by atoms with Crippen LogP contribution in [0.25, 0.3) is 76.8 Å². The molecule has 0 amide bonds. The zero-order chi connectivity index (χ0) is 41.2. The fraction of sp³-hybridized carbons (Fsp3) is 0.0175. The monoisotopic (exact) mass is 782 g/mol. The molecule has 0 radical (unpaired) electrons. The highest BCUT2D eigenvalue weighted by Gasteiger charge is 2.25. The molecule has 0 aliphatic rings. The highest BCUT2D eigenvalue weighted by molar-refractivity contribution is 6.29. The molecule has 4 heteroatoms. The normalized spacial score (nSPS) is 11.8. The number of benzene rings is 11. The summed E-state index contributed by atoms with van der Waals surface area (Å²) in [5, 5.41) is 14.1. The van der Waals surface area contributed by atoms with E-state index in [4.69, 9.17) is 11.5 Å². The number of nitrogen functional groups attached to an aromatic ring is 2. The molecule has 0 aliphatic carbocycles. The van der Waals surface area contributed by atoms with Crippen molar-refractivity contribution in [1.82, 2.24) is 0 Å². The number of hydrogen-bond acceptors (Lipinski definition) is 4. The zero-order valence-corrected chi connectivity index (χ0v) is 33.8. The minimum atomic E-state index is 0.699. The number of allylic oxidation sites excluding steroid dienone is 1. The Kier molecular flexibility index (Phi) is 8.47. The maximum atomic E-state index is 6.57. The summed E-state index contributed by atoms with van der Waals surface area (Å²) in [7, 11) is 0. The molecule has 0 saturated heterocycles. The van der Waals surface area contributed by atoms with Crippen LogP contribution >= 0.6 is 0 Å². The molecule has 0 heterocycles. The van der Waals surface area contributed by atoms with Gasteiger partial charge in [0.2, 0.25) is 0 Å². The van der Waals surface area contributed by atoms with Crippen LogP contribution in [0.3, 0.4) is 0 Å². The van der Waals surface area contributed by atoms with Crippen molar-refractivity contribution in [1.29, 1.82) is 0 Å². The lowest BCUT2D eigenvalue weighted by Crippen LogP contribution is -2.13. The number of fused-ring (bicyclic) bond motifs is 4. The molecule has 61 heavy (non-hydrogen) atoms. The van der Waals surface area contributed by atoms with Gasteiger partial charge in [0, 0.05) is 44.5 Å². The Balaban J connectivity index is 1.22. The van der Waals surface area contributed by atoms with Crippen LogP contribution in [-0.2, 0) is 0 Å². The third-order valence-corrected chi connectivity index (χ3v) is 12.2.